The molecule has 9 rings (SSSR count). The first-order valence-electron chi connectivity index (χ1n) is 12.6. The number of hydrogen-bond donors (Lipinski definition) is 0. The molecule has 0 amide bonds. The Labute approximate surface area is 179 Å². The first kappa shape index (κ1) is 18.1. The van der Waals surface area contributed by atoms with E-state index in [0.29, 0.717) is 11.5 Å². The van der Waals surface area contributed by atoms with E-state index in [2.05, 4.69) is 4.98 Å². The largest absolute Gasteiger partial charge is 0.293 e. The van der Waals surface area contributed by atoms with Crippen LogP contribution in [0, 0.1) is 46.3 Å². The van der Waals surface area contributed by atoms with Crippen LogP contribution in [0.15, 0.2) is 18.3 Å². The monoisotopic (exact) mass is 403 g/mol. The Morgan fingerprint density at radius 2 is 1.03 bits per heavy atom. The molecule has 8 aliphatic rings. The fourth-order valence-electron chi connectivity index (χ4n) is 10.0. The van der Waals surface area contributed by atoms with Crippen molar-refractivity contribution in [3.8, 4) is 0 Å². The second-order valence-corrected chi connectivity index (χ2v) is 12.5. The highest BCUT2D eigenvalue weighted by atomic mass is 16.1. The highest BCUT2D eigenvalue weighted by Crippen LogP contribution is 2.62. The van der Waals surface area contributed by atoms with E-state index in [1.807, 2.05) is 12.1 Å². The van der Waals surface area contributed by atoms with Crippen molar-refractivity contribution in [1.29, 1.82) is 0 Å². The van der Waals surface area contributed by atoms with Crippen LogP contribution in [0.5, 0.6) is 0 Å². The minimum absolute atomic E-state index is 0.123. The van der Waals surface area contributed by atoms with Gasteiger partial charge in [-0.1, -0.05) is 0 Å². The van der Waals surface area contributed by atoms with Gasteiger partial charge < -0.3 is 0 Å². The van der Waals surface area contributed by atoms with Crippen molar-refractivity contribution in [2.24, 2.45) is 46.3 Å². The number of Topliss-reactive ketones (excluding diaryl/α,β-unsaturated/α-hetero) is 2. The molecular formula is C27H33NO2. The van der Waals surface area contributed by atoms with E-state index in [0.717, 1.165) is 79.6 Å². The summed E-state index contributed by atoms with van der Waals surface area (Å²) in [4.78, 5) is 31.7. The number of aromatic nitrogens is 1. The normalized spacial score (nSPS) is 47.6. The molecule has 0 spiro atoms. The average Bonchev–Trinajstić information content (AvgIpc) is 2.71. The van der Waals surface area contributed by atoms with Gasteiger partial charge in [-0.25, -0.2) is 0 Å². The standard InChI is InChI=1S/C27H33NO2/c29-24(26-9-16-3-17(10-26)5-18(4-16)11-26)22-1-2-23(28-15-22)25(30)27-12-19-6-20(13-27)8-21(7-19)14-27/h1-2,15-21H,3-14H2. The Balaban J connectivity index is 1.14. The van der Waals surface area contributed by atoms with Crippen molar-refractivity contribution >= 4 is 11.6 Å². The van der Waals surface area contributed by atoms with Gasteiger partial charge in [0.2, 0.25) is 0 Å². The van der Waals surface area contributed by atoms with Crippen molar-refractivity contribution < 1.29 is 9.59 Å². The van der Waals surface area contributed by atoms with Crippen LogP contribution in [0.3, 0.4) is 0 Å². The zero-order chi connectivity index (χ0) is 20.1. The van der Waals surface area contributed by atoms with Gasteiger partial charge in [0.15, 0.2) is 11.6 Å². The van der Waals surface area contributed by atoms with Crippen LogP contribution in [-0.2, 0) is 0 Å². The topological polar surface area (TPSA) is 47.0 Å². The predicted molar refractivity (Wildman–Crippen MR) is 114 cm³/mol. The van der Waals surface area contributed by atoms with Crippen molar-refractivity contribution in [3.05, 3.63) is 29.6 Å². The number of carbonyl (C=O) groups is 2. The molecule has 3 heteroatoms. The van der Waals surface area contributed by atoms with Crippen LogP contribution < -0.4 is 0 Å². The molecule has 8 bridgehead atoms. The van der Waals surface area contributed by atoms with Gasteiger partial charge in [0.25, 0.3) is 0 Å². The van der Waals surface area contributed by atoms with Crippen LogP contribution >= 0.6 is 0 Å². The van der Waals surface area contributed by atoms with E-state index < -0.39 is 0 Å². The smallest absolute Gasteiger partial charge is 0.187 e. The predicted octanol–water partition coefficient (Wildman–Crippen LogP) is 5.88. The van der Waals surface area contributed by atoms with Crippen molar-refractivity contribution in [2.75, 3.05) is 0 Å². The molecule has 0 saturated heterocycles. The molecule has 8 aliphatic carbocycles. The molecule has 158 valence electrons. The maximum absolute atomic E-state index is 13.6. The summed E-state index contributed by atoms with van der Waals surface area (Å²) in [5, 5.41) is 0. The average molecular weight is 404 g/mol. The van der Waals surface area contributed by atoms with Crippen LogP contribution in [0.2, 0.25) is 0 Å². The summed E-state index contributed by atoms with van der Waals surface area (Å²) >= 11 is 0. The number of nitrogens with zero attached hydrogens (tertiary/aromatic N) is 1. The third-order valence-electron chi connectivity index (χ3n) is 10.3. The molecule has 0 atom stereocenters. The zero-order valence-electron chi connectivity index (χ0n) is 17.9. The van der Waals surface area contributed by atoms with Gasteiger partial charge in [-0.05, 0) is 125 Å². The van der Waals surface area contributed by atoms with Crippen molar-refractivity contribution in [3.63, 3.8) is 0 Å². The summed E-state index contributed by atoms with van der Waals surface area (Å²) in [6, 6.07) is 3.82. The van der Waals surface area contributed by atoms with Crippen molar-refractivity contribution in [2.45, 2.75) is 77.0 Å². The molecule has 30 heavy (non-hydrogen) atoms. The number of ketones is 2. The van der Waals surface area contributed by atoms with Gasteiger partial charge in [0, 0.05) is 22.6 Å². The molecule has 0 radical (unpaired) electrons. The first-order chi connectivity index (χ1) is 14.5. The molecule has 0 unspecified atom stereocenters. The Hall–Kier alpha value is -1.51. The molecular weight excluding hydrogens is 370 g/mol. The Morgan fingerprint density at radius 3 is 1.40 bits per heavy atom. The summed E-state index contributed by atoms with van der Waals surface area (Å²) in [6.45, 7) is 0. The van der Waals surface area contributed by atoms with Gasteiger partial charge >= 0.3 is 0 Å². The molecule has 0 aromatic carbocycles. The summed E-state index contributed by atoms with van der Waals surface area (Å²) in [5.41, 5.74) is 1.09. The maximum Gasteiger partial charge on any atom is 0.187 e. The van der Waals surface area contributed by atoms with Crippen LogP contribution in [0.1, 0.15) is 97.9 Å². The van der Waals surface area contributed by atoms with E-state index in [1.165, 1.54) is 38.5 Å². The van der Waals surface area contributed by atoms with Gasteiger partial charge in [-0.2, -0.15) is 0 Å². The second kappa shape index (κ2) is 6.04. The first-order valence-corrected chi connectivity index (χ1v) is 12.6. The molecule has 3 nitrogen and oxygen atoms in total. The Kier molecular flexibility index (Phi) is 3.65. The molecule has 1 heterocycles. The summed E-state index contributed by atoms with van der Waals surface area (Å²) in [7, 11) is 0. The lowest BCUT2D eigenvalue weighted by Crippen LogP contribution is -2.50. The highest BCUT2D eigenvalue weighted by molar-refractivity contribution is 6.02. The lowest BCUT2D eigenvalue weighted by atomic mass is 9.48. The van der Waals surface area contributed by atoms with Crippen LogP contribution in [0.25, 0.3) is 0 Å². The number of hydrogen-bond acceptors (Lipinski definition) is 3. The van der Waals surface area contributed by atoms with Gasteiger partial charge in [0.1, 0.15) is 5.69 Å². The molecule has 1 aromatic heterocycles. The van der Waals surface area contributed by atoms with Crippen LogP contribution in [0.4, 0.5) is 0 Å². The van der Waals surface area contributed by atoms with Gasteiger partial charge in [-0.15, -0.1) is 0 Å². The van der Waals surface area contributed by atoms with Gasteiger partial charge in [0.05, 0.1) is 0 Å². The van der Waals surface area contributed by atoms with Crippen LogP contribution in [-0.4, -0.2) is 16.6 Å². The van der Waals surface area contributed by atoms with Crippen molar-refractivity contribution in [1.82, 2.24) is 4.98 Å². The van der Waals surface area contributed by atoms with E-state index >= 15 is 0 Å². The Bertz CT molecular complexity index is 768. The summed E-state index contributed by atoms with van der Waals surface area (Å²) in [5.74, 6) is 5.19. The lowest BCUT2D eigenvalue weighted by Gasteiger charge is -2.56. The van der Waals surface area contributed by atoms with E-state index in [4.69, 9.17) is 0 Å². The minimum Gasteiger partial charge on any atom is -0.293 e. The fraction of sp³-hybridized carbons (Fsp3) is 0.741. The second-order valence-electron chi connectivity index (χ2n) is 12.5. The highest BCUT2D eigenvalue weighted by Gasteiger charge is 2.56. The third-order valence-corrected chi connectivity index (χ3v) is 10.3. The molecule has 1 aromatic rings. The maximum atomic E-state index is 13.6. The molecule has 0 aliphatic heterocycles. The number of rotatable bonds is 4. The van der Waals surface area contributed by atoms with E-state index in [9.17, 15) is 9.59 Å². The fourth-order valence-corrected chi connectivity index (χ4v) is 10.0. The third kappa shape index (κ3) is 2.53. The summed E-state index contributed by atoms with van der Waals surface area (Å²) < 4.78 is 0. The van der Waals surface area contributed by atoms with Gasteiger partial charge in [-0.3, -0.25) is 14.6 Å². The molecule has 8 saturated carbocycles. The lowest BCUT2D eigenvalue weighted by molar-refractivity contribution is -0.0357. The zero-order valence-corrected chi connectivity index (χ0v) is 17.9. The quantitative estimate of drug-likeness (QED) is 0.590. The van der Waals surface area contributed by atoms with E-state index in [-0.39, 0.29) is 16.6 Å². The summed E-state index contributed by atoms with van der Waals surface area (Å²) in [6.07, 6.45) is 16.3. The minimum atomic E-state index is -0.146. The Morgan fingerprint density at radius 1 is 0.633 bits per heavy atom. The number of carbonyl (C=O) groups excluding carboxylic acids is 2. The van der Waals surface area contributed by atoms with E-state index in [1.54, 1.807) is 6.20 Å². The molecule has 8 fully saturated rings. The molecule has 0 N–H and O–H groups in total. The number of pyridine rings is 1. The SMILES string of the molecule is O=C(c1ccc(C(=O)C23CC4CC(CC(C4)C2)C3)nc1)C12CC3CC(CC(C3)C1)C2.